The van der Waals surface area contributed by atoms with E-state index in [-0.39, 0.29) is 0 Å². The minimum absolute atomic E-state index is 0.599. The van der Waals surface area contributed by atoms with E-state index in [1.807, 2.05) is 10.8 Å². The van der Waals surface area contributed by atoms with E-state index in [1.165, 1.54) is 0 Å². The largest absolute Gasteiger partial charge is 0.340 e. The summed E-state index contributed by atoms with van der Waals surface area (Å²) in [6.07, 6.45) is 5.81. The van der Waals surface area contributed by atoms with Crippen LogP contribution in [0.1, 0.15) is 30.9 Å². The van der Waals surface area contributed by atoms with Gasteiger partial charge in [0.1, 0.15) is 5.82 Å². The number of imidazole rings is 1. The van der Waals surface area contributed by atoms with Gasteiger partial charge in [-0.2, -0.15) is 4.98 Å². The van der Waals surface area contributed by atoms with Crippen molar-refractivity contribution in [2.75, 3.05) is 0 Å². The Morgan fingerprint density at radius 1 is 1.47 bits per heavy atom. The second-order valence-electron chi connectivity index (χ2n) is 3.45. The molecule has 0 saturated carbocycles. The summed E-state index contributed by atoms with van der Waals surface area (Å²) >= 11 is 0. The summed E-state index contributed by atoms with van der Waals surface area (Å²) in [5, 5.41) is 3.86. The summed E-state index contributed by atoms with van der Waals surface area (Å²) in [5.41, 5.74) is 0. The van der Waals surface area contributed by atoms with Gasteiger partial charge in [0.05, 0.1) is 6.54 Å². The van der Waals surface area contributed by atoms with Crippen LogP contribution in [0.4, 0.5) is 0 Å². The van der Waals surface area contributed by atoms with Crippen LogP contribution in [0.15, 0.2) is 16.9 Å². The molecular weight excluding hydrogens is 192 g/mol. The molecule has 0 bridgehead atoms. The van der Waals surface area contributed by atoms with E-state index < -0.39 is 0 Å². The van der Waals surface area contributed by atoms with Crippen molar-refractivity contribution in [3.05, 3.63) is 29.9 Å². The molecule has 0 aromatic carbocycles. The molecule has 0 fully saturated rings. The standard InChI is InChI=1S/C10H14N4O/c1-3-4-10-11-5-6-14(10)7-9-12-8(2)15-13-9/h5-6H,3-4,7H2,1-2H3. The molecule has 0 atom stereocenters. The molecule has 15 heavy (non-hydrogen) atoms. The van der Waals surface area contributed by atoms with Crippen molar-refractivity contribution < 1.29 is 4.52 Å². The average Bonchev–Trinajstić information content (AvgIpc) is 2.78. The Balaban J connectivity index is 2.13. The maximum absolute atomic E-state index is 4.92. The third kappa shape index (κ3) is 2.23. The van der Waals surface area contributed by atoms with Crippen LogP contribution in [0.2, 0.25) is 0 Å². The van der Waals surface area contributed by atoms with Crippen molar-refractivity contribution in [1.82, 2.24) is 19.7 Å². The Morgan fingerprint density at radius 3 is 3.00 bits per heavy atom. The van der Waals surface area contributed by atoms with Gasteiger partial charge < -0.3 is 9.09 Å². The summed E-state index contributed by atoms with van der Waals surface area (Å²) in [5.74, 6) is 2.37. The molecule has 2 heterocycles. The van der Waals surface area contributed by atoms with Crippen LogP contribution in [0.5, 0.6) is 0 Å². The molecule has 0 amide bonds. The number of aromatic nitrogens is 4. The first-order valence-electron chi connectivity index (χ1n) is 5.08. The highest BCUT2D eigenvalue weighted by molar-refractivity contribution is 4.96. The van der Waals surface area contributed by atoms with E-state index in [1.54, 1.807) is 13.1 Å². The number of hydrogen-bond donors (Lipinski definition) is 0. The SMILES string of the molecule is CCCc1nccn1Cc1noc(C)n1. The van der Waals surface area contributed by atoms with Crippen LogP contribution in [-0.2, 0) is 13.0 Å². The lowest BCUT2D eigenvalue weighted by Crippen LogP contribution is -2.05. The van der Waals surface area contributed by atoms with Crippen LogP contribution in [-0.4, -0.2) is 19.7 Å². The van der Waals surface area contributed by atoms with Crippen molar-refractivity contribution in [1.29, 1.82) is 0 Å². The molecule has 0 unspecified atom stereocenters. The van der Waals surface area contributed by atoms with E-state index >= 15 is 0 Å². The quantitative estimate of drug-likeness (QED) is 0.762. The third-order valence-corrected chi connectivity index (χ3v) is 2.16. The predicted molar refractivity (Wildman–Crippen MR) is 54.4 cm³/mol. The summed E-state index contributed by atoms with van der Waals surface area (Å²) in [7, 11) is 0. The maximum Gasteiger partial charge on any atom is 0.223 e. The Labute approximate surface area is 88.1 Å². The van der Waals surface area contributed by atoms with Crippen molar-refractivity contribution in [3.8, 4) is 0 Å². The Hall–Kier alpha value is -1.65. The molecular formula is C10H14N4O. The van der Waals surface area contributed by atoms with Gasteiger partial charge in [-0.15, -0.1) is 0 Å². The highest BCUT2D eigenvalue weighted by Gasteiger charge is 2.06. The smallest absolute Gasteiger partial charge is 0.223 e. The highest BCUT2D eigenvalue weighted by atomic mass is 16.5. The Bertz CT molecular complexity index is 432. The van der Waals surface area contributed by atoms with Gasteiger partial charge in [0.15, 0.2) is 5.82 Å². The molecule has 2 rings (SSSR count). The zero-order chi connectivity index (χ0) is 10.7. The molecule has 80 valence electrons. The van der Waals surface area contributed by atoms with Crippen molar-refractivity contribution >= 4 is 0 Å². The topological polar surface area (TPSA) is 56.7 Å². The zero-order valence-electron chi connectivity index (χ0n) is 8.97. The zero-order valence-corrected chi connectivity index (χ0v) is 8.97. The van der Waals surface area contributed by atoms with Crippen LogP contribution >= 0.6 is 0 Å². The van der Waals surface area contributed by atoms with Crippen LogP contribution in [0.25, 0.3) is 0 Å². The van der Waals surface area contributed by atoms with Gasteiger partial charge in [0.25, 0.3) is 0 Å². The van der Waals surface area contributed by atoms with E-state index in [0.717, 1.165) is 18.7 Å². The van der Waals surface area contributed by atoms with E-state index in [9.17, 15) is 0 Å². The Kier molecular flexibility index (Phi) is 2.80. The molecule has 0 spiro atoms. The lowest BCUT2D eigenvalue weighted by atomic mass is 10.3. The van der Waals surface area contributed by atoms with Gasteiger partial charge in [0, 0.05) is 25.7 Å². The average molecular weight is 206 g/mol. The first kappa shape index (κ1) is 9.89. The Morgan fingerprint density at radius 2 is 2.33 bits per heavy atom. The number of hydrogen-bond acceptors (Lipinski definition) is 4. The number of rotatable bonds is 4. The first-order chi connectivity index (χ1) is 7.29. The second-order valence-corrected chi connectivity index (χ2v) is 3.45. The second kappa shape index (κ2) is 4.25. The molecule has 2 aromatic rings. The molecule has 0 aliphatic carbocycles. The molecule has 5 nitrogen and oxygen atoms in total. The van der Waals surface area contributed by atoms with Crippen molar-refractivity contribution in [2.24, 2.45) is 0 Å². The molecule has 0 aliphatic heterocycles. The van der Waals surface area contributed by atoms with Crippen LogP contribution < -0.4 is 0 Å². The molecule has 0 saturated heterocycles. The molecule has 5 heteroatoms. The fourth-order valence-corrected chi connectivity index (χ4v) is 1.49. The van der Waals surface area contributed by atoms with Gasteiger partial charge in [-0.25, -0.2) is 4.98 Å². The van der Waals surface area contributed by atoms with E-state index in [2.05, 4.69) is 22.0 Å². The van der Waals surface area contributed by atoms with Gasteiger partial charge >= 0.3 is 0 Å². The molecule has 0 radical (unpaired) electrons. The van der Waals surface area contributed by atoms with E-state index in [0.29, 0.717) is 18.3 Å². The third-order valence-electron chi connectivity index (χ3n) is 2.16. The van der Waals surface area contributed by atoms with Gasteiger partial charge in [-0.05, 0) is 6.42 Å². The fourth-order valence-electron chi connectivity index (χ4n) is 1.49. The summed E-state index contributed by atoms with van der Waals surface area (Å²) < 4.78 is 6.97. The maximum atomic E-state index is 4.92. The normalized spacial score (nSPS) is 10.8. The first-order valence-corrected chi connectivity index (χ1v) is 5.08. The minimum atomic E-state index is 0.599. The van der Waals surface area contributed by atoms with Crippen molar-refractivity contribution in [2.45, 2.75) is 33.2 Å². The highest BCUT2D eigenvalue weighted by Crippen LogP contribution is 2.04. The number of aryl methyl sites for hydroxylation is 2. The van der Waals surface area contributed by atoms with Crippen LogP contribution in [0, 0.1) is 6.92 Å². The number of nitrogens with zero attached hydrogens (tertiary/aromatic N) is 4. The minimum Gasteiger partial charge on any atom is -0.340 e. The molecule has 2 aromatic heterocycles. The van der Waals surface area contributed by atoms with E-state index in [4.69, 9.17) is 4.52 Å². The van der Waals surface area contributed by atoms with Gasteiger partial charge in [-0.3, -0.25) is 0 Å². The summed E-state index contributed by atoms with van der Waals surface area (Å²) in [4.78, 5) is 8.45. The monoisotopic (exact) mass is 206 g/mol. The summed E-state index contributed by atoms with van der Waals surface area (Å²) in [6.45, 7) is 4.56. The lowest BCUT2D eigenvalue weighted by molar-refractivity contribution is 0.386. The predicted octanol–water partition coefficient (Wildman–Crippen LogP) is 1.58. The summed E-state index contributed by atoms with van der Waals surface area (Å²) in [6, 6.07) is 0. The van der Waals surface area contributed by atoms with Gasteiger partial charge in [0.2, 0.25) is 5.89 Å². The van der Waals surface area contributed by atoms with Crippen LogP contribution in [0.3, 0.4) is 0 Å². The molecule has 0 aliphatic rings. The van der Waals surface area contributed by atoms with Gasteiger partial charge in [-0.1, -0.05) is 12.1 Å². The lowest BCUT2D eigenvalue weighted by Gasteiger charge is -2.02. The van der Waals surface area contributed by atoms with Crippen molar-refractivity contribution in [3.63, 3.8) is 0 Å². The fraction of sp³-hybridized carbons (Fsp3) is 0.500. The molecule has 0 N–H and O–H groups in total.